The number of aromatic amines is 2. The molecule has 8 heteroatoms. The van der Waals surface area contributed by atoms with Crippen molar-refractivity contribution in [2.45, 2.75) is 113 Å². The van der Waals surface area contributed by atoms with Gasteiger partial charge in [0.15, 0.2) is 0 Å². The Morgan fingerprint density at radius 1 is 1.00 bits per heavy atom. The average molecular weight is 531 g/mol. The number of likely N-dealkylation sites (tertiary alicyclic amines) is 1. The Kier molecular flexibility index (Phi) is 5.85. The van der Waals surface area contributed by atoms with E-state index in [1.54, 1.807) is 0 Å². The Bertz CT molecular complexity index is 1350. The Hall–Kier alpha value is -2.87. The molecule has 39 heavy (non-hydrogen) atoms. The highest BCUT2D eigenvalue weighted by Gasteiger charge is 2.51. The minimum atomic E-state index is -0.494. The first kappa shape index (κ1) is 25.1. The fourth-order valence-corrected chi connectivity index (χ4v) is 7.83. The van der Waals surface area contributed by atoms with Crippen LogP contribution in [0.15, 0.2) is 24.4 Å². The minimum absolute atomic E-state index is 0.0262. The van der Waals surface area contributed by atoms with Crippen molar-refractivity contribution >= 4 is 17.1 Å². The van der Waals surface area contributed by atoms with E-state index in [4.69, 9.17) is 14.7 Å². The summed E-state index contributed by atoms with van der Waals surface area (Å²) in [5, 5.41) is 3.57. The van der Waals surface area contributed by atoms with Gasteiger partial charge >= 0.3 is 6.09 Å². The van der Waals surface area contributed by atoms with E-state index >= 15 is 0 Å². The Labute approximate surface area is 230 Å². The highest BCUT2D eigenvalue weighted by atomic mass is 16.6. The van der Waals surface area contributed by atoms with Crippen molar-refractivity contribution in [3.63, 3.8) is 0 Å². The molecule has 2 bridgehead atoms. The van der Waals surface area contributed by atoms with Crippen molar-refractivity contribution in [3.8, 4) is 0 Å². The smallest absolute Gasteiger partial charge is 0.410 e. The van der Waals surface area contributed by atoms with Gasteiger partial charge in [0.2, 0.25) is 0 Å². The quantitative estimate of drug-likeness (QED) is 0.366. The van der Waals surface area contributed by atoms with Crippen LogP contribution in [0, 0.1) is 0 Å². The van der Waals surface area contributed by atoms with Crippen LogP contribution >= 0.6 is 0 Å². The van der Waals surface area contributed by atoms with Crippen LogP contribution in [-0.2, 0) is 15.6 Å². The number of hydrogen-bond acceptors (Lipinski definition) is 5. The van der Waals surface area contributed by atoms with E-state index in [1.165, 1.54) is 61.7 Å². The average Bonchev–Trinajstić information content (AvgIpc) is 3.74. The second kappa shape index (κ2) is 9.08. The number of imidazole rings is 2. The molecule has 2 aliphatic heterocycles. The van der Waals surface area contributed by atoms with Crippen molar-refractivity contribution in [1.82, 2.24) is 30.2 Å². The number of benzene rings is 1. The van der Waals surface area contributed by atoms with Crippen LogP contribution in [0.2, 0.25) is 0 Å². The molecule has 8 nitrogen and oxygen atoms in total. The summed E-state index contributed by atoms with van der Waals surface area (Å²) in [6, 6.07) is 7.29. The van der Waals surface area contributed by atoms with Crippen LogP contribution in [0.1, 0.15) is 120 Å². The number of carbonyl (C=O) groups is 1. The number of rotatable bonds is 4. The largest absolute Gasteiger partial charge is 0.444 e. The van der Waals surface area contributed by atoms with Gasteiger partial charge in [-0.3, -0.25) is 4.90 Å². The summed E-state index contributed by atoms with van der Waals surface area (Å²) in [6.07, 6.45) is 13.2. The maximum absolute atomic E-state index is 12.9. The Morgan fingerprint density at radius 3 is 2.49 bits per heavy atom. The van der Waals surface area contributed by atoms with E-state index in [0.29, 0.717) is 6.04 Å². The molecule has 3 saturated carbocycles. The van der Waals surface area contributed by atoms with E-state index in [1.807, 2.05) is 25.7 Å². The molecule has 8 rings (SSSR count). The first-order chi connectivity index (χ1) is 18.7. The zero-order chi connectivity index (χ0) is 26.8. The molecule has 3 N–H and O–H groups in total. The van der Waals surface area contributed by atoms with Crippen LogP contribution < -0.4 is 5.32 Å². The molecule has 2 unspecified atom stereocenters. The Morgan fingerprint density at radius 2 is 1.77 bits per heavy atom. The van der Waals surface area contributed by atoms with Gasteiger partial charge in [0.05, 0.1) is 23.1 Å². The zero-order valence-electron chi connectivity index (χ0n) is 23.6. The molecule has 0 radical (unpaired) electrons. The number of amides is 1. The lowest BCUT2D eigenvalue weighted by Gasteiger charge is -2.53. The minimum Gasteiger partial charge on any atom is -0.444 e. The molecule has 3 aromatic rings. The number of fused-ring (bicyclic) bond motifs is 4. The van der Waals surface area contributed by atoms with Crippen molar-refractivity contribution in [3.05, 3.63) is 47.3 Å². The number of hydrogen-bond donors (Lipinski definition) is 3. The summed E-state index contributed by atoms with van der Waals surface area (Å²) in [5.41, 5.74) is 4.93. The molecule has 5 fully saturated rings. The molecule has 1 aromatic carbocycles. The van der Waals surface area contributed by atoms with Crippen LogP contribution in [0.25, 0.3) is 11.0 Å². The third-order valence-electron chi connectivity index (χ3n) is 10.1. The highest BCUT2D eigenvalue weighted by molar-refractivity contribution is 5.76. The van der Waals surface area contributed by atoms with Gasteiger partial charge in [-0.2, -0.15) is 0 Å². The summed E-state index contributed by atoms with van der Waals surface area (Å²) in [4.78, 5) is 31.8. The fraction of sp³-hybridized carbons (Fsp3) is 0.645. The third kappa shape index (κ3) is 4.35. The summed E-state index contributed by atoms with van der Waals surface area (Å²) in [7, 11) is 0. The molecule has 2 saturated heterocycles. The van der Waals surface area contributed by atoms with E-state index in [2.05, 4.69) is 39.7 Å². The van der Waals surface area contributed by atoms with Crippen LogP contribution in [0.5, 0.6) is 0 Å². The number of H-pyrrole nitrogens is 2. The number of nitrogens with zero attached hydrogens (tertiary/aromatic N) is 3. The van der Waals surface area contributed by atoms with E-state index in [0.717, 1.165) is 49.5 Å². The van der Waals surface area contributed by atoms with Gasteiger partial charge in [-0.1, -0.05) is 6.07 Å². The number of carbonyl (C=O) groups excluding carboxylic acids is 1. The zero-order valence-corrected chi connectivity index (χ0v) is 23.6. The number of aromatic nitrogens is 4. The molecule has 4 heterocycles. The molecular formula is C31H42N6O2. The van der Waals surface area contributed by atoms with Gasteiger partial charge in [-0.15, -0.1) is 0 Å². The van der Waals surface area contributed by atoms with Crippen LogP contribution in [0.4, 0.5) is 4.79 Å². The van der Waals surface area contributed by atoms with E-state index in [9.17, 15) is 4.79 Å². The highest BCUT2D eigenvalue weighted by Crippen LogP contribution is 2.58. The first-order valence-corrected chi connectivity index (χ1v) is 15.0. The van der Waals surface area contributed by atoms with Crippen molar-refractivity contribution in [2.75, 3.05) is 13.1 Å². The van der Waals surface area contributed by atoms with Gasteiger partial charge in [0.1, 0.15) is 17.2 Å². The molecule has 0 spiro atoms. The van der Waals surface area contributed by atoms with Crippen molar-refractivity contribution in [2.24, 2.45) is 0 Å². The fourth-order valence-electron chi connectivity index (χ4n) is 7.83. The molecule has 5 aliphatic rings. The maximum atomic E-state index is 12.9. The van der Waals surface area contributed by atoms with Gasteiger partial charge in [0.25, 0.3) is 0 Å². The van der Waals surface area contributed by atoms with E-state index < -0.39 is 5.60 Å². The summed E-state index contributed by atoms with van der Waals surface area (Å²) >= 11 is 0. The monoisotopic (exact) mass is 530 g/mol. The molecule has 3 aliphatic carbocycles. The normalized spacial score (nSPS) is 30.9. The predicted octanol–water partition coefficient (Wildman–Crippen LogP) is 6.33. The molecule has 208 valence electrons. The molecular weight excluding hydrogens is 488 g/mol. The SMILES string of the molecule is CC(C)(C)OC(=O)N1CCCC1c1ncc(C23CCC(c4ccc5nc(C6CCCN6)[nH]c5c4)(CC2)CC3)[nH]1. The predicted molar refractivity (Wildman–Crippen MR) is 151 cm³/mol. The van der Waals surface area contributed by atoms with Gasteiger partial charge in [-0.25, -0.2) is 14.8 Å². The number of nitrogens with one attached hydrogen (secondary N) is 3. The third-order valence-corrected chi connectivity index (χ3v) is 10.1. The lowest BCUT2D eigenvalue weighted by atomic mass is 9.51. The first-order valence-electron chi connectivity index (χ1n) is 15.0. The van der Waals surface area contributed by atoms with Crippen molar-refractivity contribution in [1.29, 1.82) is 0 Å². The van der Waals surface area contributed by atoms with Gasteiger partial charge in [-0.05, 0) is 115 Å². The lowest BCUT2D eigenvalue weighted by Crippen LogP contribution is -2.46. The molecule has 2 atom stereocenters. The molecule has 2 aromatic heterocycles. The topological polar surface area (TPSA) is 98.9 Å². The van der Waals surface area contributed by atoms with Crippen molar-refractivity contribution < 1.29 is 9.53 Å². The second-order valence-electron chi connectivity index (χ2n) is 13.6. The second-order valence-corrected chi connectivity index (χ2v) is 13.6. The summed E-state index contributed by atoms with van der Waals surface area (Å²) in [5.74, 6) is 2.01. The summed E-state index contributed by atoms with van der Waals surface area (Å²) in [6.45, 7) is 7.57. The number of ether oxygens (including phenoxy) is 1. The standard InChI is InChI=1S/C31H42N6O2/c1-29(2,3)39-28(38)37-17-5-7-24(37)27-33-19-25(36-27)31-13-10-30(11-14-31,12-15-31)20-8-9-21-23(18-20)35-26(34-21)22-6-4-16-32-22/h8-9,18-19,22,24,32H,4-7,10-17H2,1-3H3,(H,33,36)(H,34,35). The van der Waals surface area contributed by atoms with Crippen LogP contribution in [-0.4, -0.2) is 49.6 Å². The maximum Gasteiger partial charge on any atom is 0.410 e. The van der Waals surface area contributed by atoms with Gasteiger partial charge in [0, 0.05) is 23.9 Å². The van der Waals surface area contributed by atoms with E-state index in [-0.39, 0.29) is 23.0 Å². The van der Waals surface area contributed by atoms with Gasteiger partial charge < -0.3 is 20.0 Å². The lowest BCUT2D eigenvalue weighted by molar-refractivity contribution is 0.0218. The summed E-state index contributed by atoms with van der Waals surface area (Å²) < 4.78 is 5.69. The van der Waals surface area contributed by atoms with Crippen LogP contribution in [0.3, 0.4) is 0 Å². The molecule has 1 amide bonds. The Balaban J connectivity index is 1.07.